The van der Waals surface area contributed by atoms with Gasteiger partial charge >= 0.3 is 11.9 Å². The number of guanidine groups is 1. The largest absolute Gasteiger partial charge is 0.491 e. The second kappa shape index (κ2) is 12.3. The van der Waals surface area contributed by atoms with Gasteiger partial charge in [0.1, 0.15) is 6.04 Å². The van der Waals surface area contributed by atoms with Crippen LogP contribution in [0.4, 0.5) is 11.4 Å². The van der Waals surface area contributed by atoms with Crippen LogP contribution in [0.1, 0.15) is 52.0 Å². The highest BCUT2D eigenvalue weighted by molar-refractivity contribution is 6.08. The quantitative estimate of drug-likeness (QED) is 0.156. The average molecular weight is 526 g/mol. The number of amides is 2. The Morgan fingerprint density at radius 1 is 1.11 bits per heavy atom. The number of fused-ring (bicyclic) bond motifs is 2. The first-order valence-corrected chi connectivity index (χ1v) is 11.6. The van der Waals surface area contributed by atoms with E-state index >= 15 is 0 Å². The molecule has 0 saturated carbocycles. The van der Waals surface area contributed by atoms with Gasteiger partial charge in [0.15, 0.2) is 17.5 Å². The summed E-state index contributed by atoms with van der Waals surface area (Å²) in [4.78, 5) is 64.2. The topological polar surface area (TPSA) is 223 Å². The molecule has 0 aliphatic carbocycles. The number of aliphatic carboxylic acids is 2. The van der Waals surface area contributed by atoms with Crippen LogP contribution in [0.5, 0.6) is 5.75 Å². The number of ether oxygens (including phenoxy) is 1. The molecule has 0 radical (unpaired) electrons. The molecule has 0 unspecified atom stereocenters. The minimum atomic E-state index is -1.61. The van der Waals surface area contributed by atoms with Gasteiger partial charge in [-0.3, -0.25) is 19.2 Å². The standard InChI is InChI=1S/C25H27N5O8/c26-25(27)28-14-6-7-15-13(11-14)3-2-10-38-22-16(4-1-5-17(22)30-23(15)35)19(31)8-9-20(32)29-18(24(36)37)12-21(33)34/h1,4-7,11,18H,2-3,8-10,12H2,(H,29,32)(H,30,35)(H,33,34)(H,36,37)(H4,26,27,28)/t18-/m0/s1. The average Bonchev–Trinajstić information content (AvgIpc) is 2.84. The number of hydrogen-bond acceptors (Lipinski definition) is 7. The van der Waals surface area contributed by atoms with Gasteiger partial charge in [-0.2, -0.15) is 0 Å². The predicted molar refractivity (Wildman–Crippen MR) is 136 cm³/mol. The molecule has 3 rings (SSSR count). The fourth-order valence-electron chi connectivity index (χ4n) is 3.87. The van der Waals surface area contributed by atoms with E-state index < -0.39 is 42.0 Å². The van der Waals surface area contributed by atoms with Crippen molar-refractivity contribution in [1.29, 1.82) is 0 Å². The van der Waals surface area contributed by atoms with Gasteiger partial charge in [-0.05, 0) is 48.7 Å². The van der Waals surface area contributed by atoms with Crippen molar-refractivity contribution in [1.82, 2.24) is 5.32 Å². The molecule has 8 N–H and O–H groups in total. The van der Waals surface area contributed by atoms with Crippen molar-refractivity contribution in [2.75, 3.05) is 11.9 Å². The van der Waals surface area contributed by atoms with Crippen LogP contribution < -0.4 is 26.8 Å². The number of carboxylic acids is 2. The van der Waals surface area contributed by atoms with E-state index in [-0.39, 0.29) is 42.4 Å². The van der Waals surface area contributed by atoms with Crippen LogP contribution in [0, 0.1) is 0 Å². The summed E-state index contributed by atoms with van der Waals surface area (Å²) in [5.74, 6) is -4.53. The number of aryl methyl sites for hydroxylation is 1. The lowest BCUT2D eigenvalue weighted by Gasteiger charge is -2.19. The number of para-hydroxylation sites is 1. The molecule has 0 saturated heterocycles. The number of hydrogen-bond donors (Lipinski definition) is 6. The first kappa shape index (κ1) is 27.6. The maximum Gasteiger partial charge on any atom is 0.326 e. The number of carbonyl (C=O) groups is 5. The number of nitrogens with zero attached hydrogens (tertiary/aromatic N) is 1. The van der Waals surface area contributed by atoms with Crippen molar-refractivity contribution in [3.63, 3.8) is 0 Å². The normalized spacial score (nSPS) is 13.4. The third-order valence-electron chi connectivity index (χ3n) is 5.58. The molecule has 0 spiro atoms. The summed E-state index contributed by atoms with van der Waals surface area (Å²) >= 11 is 0. The Hall–Kier alpha value is -4.94. The van der Waals surface area contributed by atoms with E-state index in [1.165, 1.54) is 6.07 Å². The summed E-state index contributed by atoms with van der Waals surface area (Å²) in [7, 11) is 0. The van der Waals surface area contributed by atoms with Crippen LogP contribution in [0.3, 0.4) is 0 Å². The highest BCUT2D eigenvalue weighted by Crippen LogP contribution is 2.32. The molecule has 1 aliphatic rings. The molecule has 2 amide bonds. The number of ketones is 1. The van der Waals surface area contributed by atoms with E-state index in [0.29, 0.717) is 24.1 Å². The number of aliphatic imine (C=N–C) groups is 1. The Bertz CT molecular complexity index is 1300. The molecule has 38 heavy (non-hydrogen) atoms. The fraction of sp³-hybridized carbons (Fsp3) is 0.280. The van der Waals surface area contributed by atoms with E-state index in [9.17, 15) is 24.0 Å². The van der Waals surface area contributed by atoms with Crippen molar-refractivity contribution in [2.24, 2.45) is 16.5 Å². The number of nitrogens with one attached hydrogen (secondary N) is 2. The summed E-state index contributed by atoms with van der Waals surface area (Å²) < 4.78 is 5.87. The molecular formula is C25H27N5O8. The number of Topliss-reactive ketones (excluding diaryl/α,β-unsaturated/α-hetero) is 1. The van der Waals surface area contributed by atoms with Crippen LogP contribution in [0.25, 0.3) is 0 Å². The van der Waals surface area contributed by atoms with Crippen LogP contribution >= 0.6 is 0 Å². The highest BCUT2D eigenvalue weighted by atomic mass is 16.5. The van der Waals surface area contributed by atoms with Crippen LogP contribution in [-0.4, -0.2) is 58.4 Å². The number of carbonyl (C=O) groups excluding carboxylic acids is 3. The number of benzene rings is 2. The summed E-state index contributed by atoms with van der Waals surface area (Å²) in [6.07, 6.45) is -0.480. The third kappa shape index (κ3) is 7.29. The van der Waals surface area contributed by atoms with Crippen molar-refractivity contribution in [3.8, 4) is 5.75 Å². The van der Waals surface area contributed by atoms with Crippen LogP contribution in [0.15, 0.2) is 41.4 Å². The molecule has 13 heteroatoms. The van der Waals surface area contributed by atoms with Crippen molar-refractivity contribution in [2.45, 2.75) is 38.1 Å². The zero-order chi connectivity index (χ0) is 27.8. The molecule has 1 atom stereocenters. The lowest BCUT2D eigenvalue weighted by molar-refractivity contribution is -0.147. The Morgan fingerprint density at radius 2 is 1.87 bits per heavy atom. The van der Waals surface area contributed by atoms with Gasteiger partial charge in [0.25, 0.3) is 5.91 Å². The Labute approximate surface area is 216 Å². The maximum absolute atomic E-state index is 13.1. The van der Waals surface area contributed by atoms with E-state index in [1.807, 2.05) is 0 Å². The lowest BCUT2D eigenvalue weighted by atomic mass is 10.00. The van der Waals surface area contributed by atoms with E-state index in [2.05, 4.69) is 15.6 Å². The zero-order valence-corrected chi connectivity index (χ0v) is 20.2. The Morgan fingerprint density at radius 3 is 2.55 bits per heavy atom. The van der Waals surface area contributed by atoms with Crippen molar-refractivity contribution < 1.29 is 38.9 Å². The highest BCUT2D eigenvalue weighted by Gasteiger charge is 2.25. The number of rotatable bonds is 9. The molecule has 0 bridgehead atoms. The van der Waals surface area contributed by atoms with Crippen LogP contribution in [-0.2, 0) is 20.8 Å². The predicted octanol–water partition coefficient (Wildman–Crippen LogP) is 1.18. The molecule has 0 aromatic heterocycles. The van der Waals surface area contributed by atoms with Crippen molar-refractivity contribution >= 4 is 46.9 Å². The number of anilines is 1. The Kier molecular flexibility index (Phi) is 8.98. The second-order valence-corrected chi connectivity index (χ2v) is 8.45. The maximum atomic E-state index is 13.1. The molecule has 1 aliphatic heterocycles. The fourth-order valence-corrected chi connectivity index (χ4v) is 3.87. The molecule has 1 heterocycles. The summed E-state index contributed by atoms with van der Waals surface area (Å²) in [5.41, 5.74) is 12.9. The van der Waals surface area contributed by atoms with Gasteiger partial charge in [-0.1, -0.05) is 6.07 Å². The lowest BCUT2D eigenvalue weighted by Crippen LogP contribution is -2.42. The van der Waals surface area contributed by atoms with Gasteiger partial charge < -0.3 is 37.1 Å². The first-order valence-electron chi connectivity index (χ1n) is 11.6. The smallest absolute Gasteiger partial charge is 0.326 e. The van der Waals surface area contributed by atoms with E-state index in [0.717, 1.165) is 5.56 Å². The van der Waals surface area contributed by atoms with Crippen LogP contribution in [0.2, 0.25) is 0 Å². The molecule has 2 aromatic rings. The molecule has 0 fully saturated rings. The van der Waals surface area contributed by atoms with Gasteiger partial charge in [0, 0.05) is 18.4 Å². The molecular weight excluding hydrogens is 498 g/mol. The van der Waals surface area contributed by atoms with Gasteiger partial charge in [-0.15, -0.1) is 0 Å². The van der Waals surface area contributed by atoms with Gasteiger partial charge in [0.2, 0.25) is 5.91 Å². The molecule has 2 aromatic carbocycles. The monoisotopic (exact) mass is 525 g/mol. The van der Waals surface area contributed by atoms with Gasteiger partial charge in [0.05, 0.1) is 30.0 Å². The number of nitrogens with two attached hydrogens (primary N) is 2. The molecule has 13 nitrogen and oxygen atoms in total. The minimum absolute atomic E-state index is 0.108. The molecule has 200 valence electrons. The number of carboxylic acid groups (broad SMARTS) is 2. The van der Waals surface area contributed by atoms with Gasteiger partial charge in [-0.25, -0.2) is 9.79 Å². The zero-order valence-electron chi connectivity index (χ0n) is 20.2. The summed E-state index contributed by atoms with van der Waals surface area (Å²) in [5, 5.41) is 22.7. The van der Waals surface area contributed by atoms with E-state index in [4.69, 9.17) is 26.4 Å². The second-order valence-electron chi connectivity index (χ2n) is 8.45. The first-order chi connectivity index (χ1) is 18.0. The van der Waals surface area contributed by atoms with E-state index in [1.54, 1.807) is 30.3 Å². The summed E-state index contributed by atoms with van der Waals surface area (Å²) in [6, 6.07) is 7.95. The minimum Gasteiger partial charge on any atom is -0.491 e. The summed E-state index contributed by atoms with van der Waals surface area (Å²) in [6.45, 7) is 0.217. The Balaban J connectivity index is 1.77. The van der Waals surface area contributed by atoms with Crippen molar-refractivity contribution in [3.05, 3.63) is 53.1 Å². The third-order valence-corrected chi connectivity index (χ3v) is 5.58. The SMILES string of the molecule is NC(N)=Nc1ccc2c(c1)CCCOc1c(cccc1C(=O)CCC(=O)N[C@@H](CC(=O)O)C(=O)O)NC2=O.